The van der Waals surface area contributed by atoms with Crippen molar-refractivity contribution in [3.8, 4) is 0 Å². The van der Waals surface area contributed by atoms with Crippen molar-refractivity contribution in [1.29, 1.82) is 0 Å². The predicted octanol–water partition coefficient (Wildman–Crippen LogP) is 2.76. The molecular formula is C12H16ClF3N2O2S. The van der Waals surface area contributed by atoms with Crippen LogP contribution in [-0.4, -0.2) is 32.0 Å². The molecule has 0 saturated carbocycles. The second-order valence-corrected chi connectivity index (χ2v) is 6.74. The van der Waals surface area contributed by atoms with Crippen LogP contribution in [0.5, 0.6) is 0 Å². The largest absolute Gasteiger partial charge is 0.402 e. The molecule has 0 saturated heterocycles. The van der Waals surface area contributed by atoms with E-state index in [1.54, 1.807) is 6.92 Å². The number of hydrogen-bond acceptors (Lipinski definition) is 3. The summed E-state index contributed by atoms with van der Waals surface area (Å²) >= 11 is 5.83. The molecule has 0 bridgehead atoms. The lowest BCUT2D eigenvalue weighted by Crippen LogP contribution is -2.39. The van der Waals surface area contributed by atoms with Crippen LogP contribution in [0.25, 0.3) is 0 Å². The first kappa shape index (κ1) is 18.2. The van der Waals surface area contributed by atoms with E-state index < -0.39 is 22.7 Å². The van der Waals surface area contributed by atoms with Crippen LogP contribution in [0.2, 0.25) is 5.02 Å². The Kier molecular flexibility index (Phi) is 6.03. The van der Waals surface area contributed by atoms with Crippen molar-refractivity contribution in [3.05, 3.63) is 28.8 Å². The number of alkyl halides is 3. The summed E-state index contributed by atoms with van der Waals surface area (Å²) in [5, 5.41) is -0.129. The molecule has 0 amide bonds. The van der Waals surface area contributed by atoms with E-state index in [0.29, 0.717) is 9.87 Å². The van der Waals surface area contributed by atoms with Crippen molar-refractivity contribution in [2.24, 2.45) is 5.73 Å². The zero-order valence-corrected chi connectivity index (χ0v) is 12.9. The molecule has 0 heterocycles. The summed E-state index contributed by atoms with van der Waals surface area (Å²) in [5.41, 5.74) is 5.89. The quantitative estimate of drug-likeness (QED) is 0.863. The molecule has 0 aliphatic heterocycles. The van der Waals surface area contributed by atoms with Gasteiger partial charge in [-0.15, -0.1) is 0 Å². The van der Waals surface area contributed by atoms with Gasteiger partial charge in [0.15, 0.2) is 0 Å². The van der Waals surface area contributed by atoms with Crippen LogP contribution in [0.1, 0.15) is 18.9 Å². The van der Waals surface area contributed by atoms with E-state index in [0.717, 1.165) is 0 Å². The summed E-state index contributed by atoms with van der Waals surface area (Å²) in [6.07, 6.45) is -4.37. The van der Waals surface area contributed by atoms with Crippen molar-refractivity contribution < 1.29 is 21.6 Å². The van der Waals surface area contributed by atoms with Gasteiger partial charge < -0.3 is 5.73 Å². The van der Waals surface area contributed by atoms with Crippen LogP contribution < -0.4 is 5.73 Å². The number of benzene rings is 1. The van der Waals surface area contributed by atoms with Crippen molar-refractivity contribution in [2.45, 2.75) is 31.0 Å². The topological polar surface area (TPSA) is 63.4 Å². The van der Waals surface area contributed by atoms with Crippen LogP contribution in [-0.2, 0) is 16.6 Å². The molecule has 9 heteroatoms. The molecule has 1 aromatic carbocycles. The van der Waals surface area contributed by atoms with E-state index in [9.17, 15) is 21.6 Å². The highest BCUT2D eigenvalue weighted by molar-refractivity contribution is 7.89. The zero-order chi connectivity index (χ0) is 16.3. The van der Waals surface area contributed by atoms with Gasteiger partial charge in [0.25, 0.3) is 0 Å². The minimum absolute atomic E-state index is 0.0622. The maximum absolute atomic E-state index is 12.6. The highest BCUT2D eigenvalue weighted by Crippen LogP contribution is 2.28. The van der Waals surface area contributed by atoms with Gasteiger partial charge >= 0.3 is 6.18 Å². The summed E-state index contributed by atoms with van der Waals surface area (Å²) in [4.78, 5) is -0.357. The minimum Gasteiger partial charge on any atom is -0.326 e. The Bertz CT molecular complexity index is 591. The fraction of sp³-hybridized carbons (Fsp3) is 0.500. The fourth-order valence-electron chi connectivity index (χ4n) is 1.75. The third-order valence-corrected chi connectivity index (χ3v) is 5.00. The molecule has 0 aliphatic rings. The molecule has 2 N–H and O–H groups in total. The average molecular weight is 345 g/mol. The summed E-state index contributed by atoms with van der Waals surface area (Å²) in [6, 6.07) is 4.04. The molecule has 0 unspecified atom stereocenters. The van der Waals surface area contributed by atoms with Crippen molar-refractivity contribution in [2.75, 3.05) is 13.1 Å². The molecule has 0 spiro atoms. The summed E-state index contributed by atoms with van der Waals surface area (Å²) in [7, 11) is -4.33. The molecule has 21 heavy (non-hydrogen) atoms. The van der Waals surface area contributed by atoms with Gasteiger partial charge in [-0.3, -0.25) is 0 Å². The van der Waals surface area contributed by atoms with Gasteiger partial charge in [0.2, 0.25) is 10.0 Å². The second-order valence-electron chi connectivity index (χ2n) is 4.42. The minimum atomic E-state index is -4.62. The third kappa shape index (κ3) is 4.84. The number of nitrogens with zero attached hydrogens (tertiary/aromatic N) is 1. The summed E-state index contributed by atoms with van der Waals surface area (Å²) in [5.74, 6) is 0. The van der Waals surface area contributed by atoms with Gasteiger partial charge in [0.1, 0.15) is 11.4 Å². The molecule has 0 aliphatic carbocycles. The number of rotatable bonds is 6. The van der Waals surface area contributed by atoms with Crippen molar-refractivity contribution in [3.63, 3.8) is 0 Å². The number of halogens is 4. The second kappa shape index (κ2) is 6.95. The standard InChI is InChI=1S/C12H16ClF3N2O2S/c1-2-5-18(8-12(14,15)16)21(19,20)11-6-9(7-17)3-4-10(11)13/h3-4,6H,2,5,7-8,17H2,1H3. The first-order valence-electron chi connectivity index (χ1n) is 6.17. The van der Waals surface area contributed by atoms with Crippen LogP contribution in [0.15, 0.2) is 23.1 Å². The Hall–Kier alpha value is -0.830. The molecule has 1 aromatic rings. The Morgan fingerprint density at radius 3 is 2.43 bits per heavy atom. The van der Waals surface area contributed by atoms with Gasteiger partial charge in [-0.05, 0) is 24.1 Å². The summed E-state index contributed by atoms with van der Waals surface area (Å²) in [6.45, 7) is -0.138. The van der Waals surface area contributed by atoms with Gasteiger partial charge in [0.05, 0.1) is 5.02 Å². The van der Waals surface area contributed by atoms with E-state index in [1.807, 2.05) is 0 Å². The highest BCUT2D eigenvalue weighted by Gasteiger charge is 2.37. The smallest absolute Gasteiger partial charge is 0.326 e. The van der Waals surface area contributed by atoms with Gasteiger partial charge in [-0.25, -0.2) is 8.42 Å². The fourth-order valence-corrected chi connectivity index (χ4v) is 3.79. The monoisotopic (exact) mass is 344 g/mol. The Labute approximate surface area is 126 Å². The Morgan fingerprint density at radius 2 is 1.95 bits per heavy atom. The molecule has 120 valence electrons. The van der Waals surface area contributed by atoms with Gasteiger partial charge in [0, 0.05) is 13.1 Å². The average Bonchev–Trinajstić information content (AvgIpc) is 2.37. The molecule has 0 aromatic heterocycles. The van der Waals surface area contributed by atoms with Crippen LogP contribution in [0.3, 0.4) is 0 Å². The predicted molar refractivity (Wildman–Crippen MR) is 74.4 cm³/mol. The third-order valence-electron chi connectivity index (χ3n) is 2.68. The van der Waals surface area contributed by atoms with Gasteiger partial charge in [-0.2, -0.15) is 17.5 Å². The molecule has 0 fully saturated rings. The molecular weight excluding hydrogens is 329 g/mol. The first-order valence-corrected chi connectivity index (χ1v) is 7.99. The van der Waals surface area contributed by atoms with Gasteiger partial charge in [-0.1, -0.05) is 24.6 Å². The number of nitrogens with two attached hydrogens (primary N) is 1. The lowest BCUT2D eigenvalue weighted by atomic mass is 10.2. The van der Waals surface area contributed by atoms with Crippen LogP contribution in [0.4, 0.5) is 13.2 Å². The SMILES string of the molecule is CCCN(CC(F)(F)F)S(=O)(=O)c1cc(CN)ccc1Cl. The van der Waals surface area contributed by atoms with E-state index in [4.69, 9.17) is 17.3 Å². The van der Waals surface area contributed by atoms with E-state index in [-0.39, 0.29) is 29.4 Å². The van der Waals surface area contributed by atoms with Crippen molar-refractivity contribution in [1.82, 2.24) is 4.31 Å². The van der Waals surface area contributed by atoms with E-state index >= 15 is 0 Å². The maximum atomic E-state index is 12.6. The van der Waals surface area contributed by atoms with E-state index in [2.05, 4.69) is 0 Å². The molecule has 4 nitrogen and oxygen atoms in total. The normalized spacial score (nSPS) is 12.9. The Balaban J connectivity index is 3.28. The lowest BCUT2D eigenvalue weighted by molar-refractivity contribution is -0.136. The van der Waals surface area contributed by atoms with E-state index in [1.165, 1.54) is 18.2 Å². The highest BCUT2D eigenvalue weighted by atomic mass is 35.5. The van der Waals surface area contributed by atoms with Crippen LogP contribution >= 0.6 is 11.6 Å². The maximum Gasteiger partial charge on any atom is 0.402 e. The summed E-state index contributed by atoms with van der Waals surface area (Å²) < 4.78 is 62.8. The molecule has 0 radical (unpaired) electrons. The van der Waals surface area contributed by atoms with Crippen LogP contribution in [0, 0.1) is 0 Å². The van der Waals surface area contributed by atoms with Crippen molar-refractivity contribution >= 4 is 21.6 Å². The zero-order valence-electron chi connectivity index (χ0n) is 11.3. The molecule has 1 rings (SSSR count). The first-order chi connectivity index (χ1) is 9.61. The number of hydrogen-bond donors (Lipinski definition) is 1. The molecule has 0 atom stereocenters. The number of sulfonamides is 1. The lowest BCUT2D eigenvalue weighted by Gasteiger charge is -2.23. The Morgan fingerprint density at radius 1 is 1.33 bits per heavy atom.